The highest BCUT2D eigenvalue weighted by Crippen LogP contribution is 2.41. The van der Waals surface area contributed by atoms with Crippen molar-refractivity contribution in [2.75, 3.05) is 13.2 Å². The van der Waals surface area contributed by atoms with Crippen LogP contribution in [0.2, 0.25) is 0 Å². The Balaban J connectivity index is 0.00000126. The van der Waals surface area contributed by atoms with Crippen molar-refractivity contribution in [3.8, 4) is 11.4 Å². The van der Waals surface area contributed by atoms with E-state index in [9.17, 15) is 0 Å². The van der Waals surface area contributed by atoms with Gasteiger partial charge in [-0.25, -0.2) is 0 Å². The van der Waals surface area contributed by atoms with Crippen LogP contribution < -0.4 is 4.74 Å². The molecule has 4 nitrogen and oxygen atoms in total. The van der Waals surface area contributed by atoms with Crippen molar-refractivity contribution < 1.29 is 9.47 Å². The number of hydrogen-bond acceptors (Lipinski definition) is 3. The number of pyridine rings is 1. The van der Waals surface area contributed by atoms with Crippen LogP contribution in [-0.4, -0.2) is 22.8 Å². The van der Waals surface area contributed by atoms with E-state index in [1.54, 1.807) is 0 Å². The number of benzene rings is 2. The molecule has 5 rings (SSSR count). The van der Waals surface area contributed by atoms with Gasteiger partial charge in [0.15, 0.2) is 0 Å². The lowest BCUT2D eigenvalue weighted by molar-refractivity contribution is 0.0841. The quantitative estimate of drug-likeness (QED) is 0.329. The molecule has 0 unspecified atom stereocenters. The second-order valence-electron chi connectivity index (χ2n) is 8.31. The maximum atomic E-state index is 6.35. The Morgan fingerprint density at radius 2 is 1.73 bits per heavy atom. The predicted octanol–water partition coefficient (Wildman–Crippen LogP) is 7.14. The van der Waals surface area contributed by atoms with Gasteiger partial charge in [-0.2, -0.15) is 0 Å². The number of aryl methyl sites for hydroxylation is 2. The Morgan fingerprint density at radius 1 is 0.970 bits per heavy atom. The first-order valence-electron chi connectivity index (χ1n) is 12.0. The monoisotopic (exact) mass is 442 g/mol. The van der Waals surface area contributed by atoms with Gasteiger partial charge in [0.25, 0.3) is 0 Å². The molecule has 4 aromatic rings. The molecule has 1 saturated heterocycles. The second kappa shape index (κ2) is 10.7. The number of hydrogen-bond donors (Lipinski definition) is 0. The van der Waals surface area contributed by atoms with Crippen molar-refractivity contribution >= 4 is 10.9 Å². The summed E-state index contributed by atoms with van der Waals surface area (Å²) in [6.07, 6.45) is 3.98. The molecule has 0 saturated carbocycles. The SMILES string of the molecule is CC.Cc1cc(-n2c(C3CCOCC3)c(C)c3c(OCc4ccccc4)cccc32)ccn1. The Hall–Kier alpha value is -3.11. The van der Waals surface area contributed by atoms with Crippen LogP contribution in [0.15, 0.2) is 66.9 Å². The van der Waals surface area contributed by atoms with Crippen LogP contribution in [0, 0.1) is 13.8 Å². The van der Waals surface area contributed by atoms with Crippen molar-refractivity contribution in [2.24, 2.45) is 0 Å². The van der Waals surface area contributed by atoms with Crippen molar-refractivity contribution in [2.45, 2.75) is 53.1 Å². The molecular formula is C29H34N2O2. The Bertz CT molecular complexity index is 1190. The van der Waals surface area contributed by atoms with Crippen molar-refractivity contribution in [1.29, 1.82) is 0 Å². The first-order chi connectivity index (χ1) is 16.2. The van der Waals surface area contributed by atoms with E-state index >= 15 is 0 Å². The second-order valence-corrected chi connectivity index (χ2v) is 8.31. The summed E-state index contributed by atoms with van der Waals surface area (Å²) in [5, 5.41) is 1.20. The van der Waals surface area contributed by atoms with E-state index < -0.39 is 0 Å². The predicted molar refractivity (Wildman–Crippen MR) is 135 cm³/mol. The first kappa shape index (κ1) is 23.1. The molecule has 0 aliphatic carbocycles. The van der Waals surface area contributed by atoms with Gasteiger partial charge in [0, 0.05) is 47.8 Å². The van der Waals surface area contributed by atoms with E-state index in [1.807, 2.05) is 33.0 Å². The zero-order chi connectivity index (χ0) is 23.2. The number of nitrogens with zero attached hydrogens (tertiary/aromatic N) is 2. The standard InChI is InChI=1S/C27H28N2O2.C2H6/c1-19-17-23(11-14-28-19)29-24-9-6-10-25(31-18-21-7-4-3-5-8-21)26(24)20(2)27(29)22-12-15-30-16-13-22;1-2/h3-11,14,17,22H,12-13,15-16,18H2,1-2H3;1-2H3. The molecule has 0 amide bonds. The van der Waals surface area contributed by atoms with Crippen LogP contribution in [0.3, 0.4) is 0 Å². The minimum Gasteiger partial charge on any atom is -0.488 e. The van der Waals surface area contributed by atoms with E-state index in [4.69, 9.17) is 9.47 Å². The van der Waals surface area contributed by atoms with E-state index in [0.717, 1.165) is 43.2 Å². The van der Waals surface area contributed by atoms with Crippen LogP contribution in [-0.2, 0) is 11.3 Å². The van der Waals surface area contributed by atoms with E-state index in [2.05, 4.69) is 71.1 Å². The average molecular weight is 443 g/mol. The first-order valence-corrected chi connectivity index (χ1v) is 12.0. The van der Waals surface area contributed by atoms with Gasteiger partial charge in [-0.1, -0.05) is 50.2 Å². The molecule has 0 radical (unpaired) electrons. The average Bonchev–Trinajstić information content (AvgIpc) is 3.18. The molecule has 0 spiro atoms. The van der Waals surface area contributed by atoms with Gasteiger partial charge in [-0.05, 0) is 62.1 Å². The lowest BCUT2D eigenvalue weighted by Gasteiger charge is -2.25. The normalized spacial score (nSPS) is 14.1. The summed E-state index contributed by atoms with van der Waals surface area (Å²) in [7, 11) is 0. The third kappa shape index (κ3) is 4.81. The molecule has 0 bridgehead atoms. The molecule has 2 aromatic carbocycles. The molecule has 4 heteroatoms. The summed E-state index contributed by atoms with van der Waals surface area (Å²) >= 11 is 0. The minimum atomic E-state index is 0.469. The fraction of sp³-hybridized carbons (Fsp3) is 0.345. The third-order valence-electron chi connectivity index (χ3n) is 6.23. The number of aromatic nitrogens is 2. The highest BCUT2D eigenvalue weighted by atomic mass is 16.5. The summed E-state index contributed by atoms with van der Waals surface area (Å²) in [6, 6.07) is 21.0. The highest BCUT2D eigenvalue weighted by molar-refractivity contribution is 5.92. The van der Waals surface area contributed by atoms with Crippen LogP contribution in [0.5, 0.6) is 5.75 Å². The summed E-state index contributed by atoms with van der Waals surface area (Å²) in [4.78, 5) is 4.42. The number of rotatable bonds is 5. The molecule has 1 aliphatic rings. The van der Waals surface area contributed by atoms with Gasteiger partial charge >= 0.3 is 0 Å². The largest absolute Gasteiger partial charge is 0.488 e. The molecule has 33 heavy (non-hydrogen) atoms. The lowest BCUT2D eigenvalue weighted by atomic mass is 9.93. The number of ether oxygens (including phenoxy) is 2. The van der Waals surface area contributed by atoms with Gasteiger partial charge in [-0.15, -0.1) is 0 Å². The Labute approximate surface area is 197 Å². The molecule has 172 valence electrons. The lowest BCUT2D eigenvalue weighted by Crippen LogP contribution is -2.17. The van der Waals surface area contributed by atoms with Crippen LogP contribution in [0.4, 0.5) is 0 Å². The van der Waals surface area contributed by atoms with Crippen molar-refractivity contribution in [1.82, 2.24) is 9.55 Å². The Kier molecular flexibility index (Phi) is 7.46. The van der Waals surface area contributed by atoms with Gasteiger partial charge in [0.05, 0.1) is 5.52 Å². The zero-order valence-electron chi connectivity index (χ0n) is 20.2. The Morgan fingerprint density at radius 3 is 2.45 bits per heavy atom. The minimum absolute atomic E-state index is 0.469. The highest BCUT2D eigenvalue weighted by Gasteiger charge is 2.26. The van der Waals surface area contributed by atoms with E-state index in [0.29, 0.717) is 12.5 Å². The van der Waals surface area contributed by atoms with Crippen LogP contribution in [0.1, 0.15) is 55.1 Å². The van der Waals surface area contributed by atoms with Crippen molar-refractivity contribution in [3.63, 3.8) is 0 Å². The maximum absolute atomic E-state index is 6.35. The summed E-state index contributed by atoms with van der Waals surface area (Å²) < 4.78 is 14.4. The van der Waals surface area contributed by atoms with Crippen LogP contribution in [0.25, 0.3) is 16.6 Å². The molecule has 1 aliphatic heterocycles. The van der Waals surface area contributed by atoms with Gasteiger partial charge in [-0.3, -0.25) is 4.98 Å². The third-order valence-corrected chi connectivity index (χ3v) is 6.23. The van der Waals surface area contributed by atoms with Gasteiger partial charge < -0.3 is 14.0 Å². The zero-order valence-corrected chi connectivity index (χ0v) is 20.2. The van der Waals surface area contributed by atoms with E-state index in [1.165, 1.54) is 27.7 Å². The molecule has 0 N–H and O–H groups in total. The van der Waals surface area contributed by atoms with E-state index in [-0.39, 0.29) is 0 Å². The topological polar surface area (TPSA) is 36.3 Å². The summed E-state index contributed by atoms with van der Waals surface area (Å²) in [5.74, 6) is 1.41. The molecule has 2 aromatic heterocycles. The molecule has 0 atom stereocenters. The van der Waals surface area contributed by atoms with Gasteiger partial charge in [0.2, 0.25) is 0 Å². The summed E-state index contributed by atoms with van der Waals surface area (Å²) in [6.45, 7) is 10.5. The number of fused-ring (bicyclic) bond motifs is 1. The fourth-order valence-corrected chi connectivity index (χ4v) is 4.77. The summed E-state index contributed by atoms with van der Waals surface area (Å²) in [5.41, 5.74) is 7.22. The van der Waals surface area contributed by atoms with Gasteiger partial charge in [0.1, 0.15) is 12.4 Å². The maximum Gasteiger partial charge on any atom is 0.129 e. The smallest absolute Gasteiger partial charge is 0.129 e. The molecular weight excluding hydrogens is 408 g/mol. The fourth-order valence-electron chi connectivity index (χ4n) is 4.77. The van der Waals surface area contributed by atoms with Crippen molar-refractivity contribution in [3.05, 3.63) is 89.4 Å². The van der Waals surface area contributed by atoms with Crippen LogP contribution >= 0.6 is 0 Å². The molecule has 3 heterocycles. The molecule has 1 fully saturated rings.